The minimum atomic E-state index is 0.110. The Morgan fingerprint density at radius 2 is 2.33 bits per heavy atom. The number of hydrogen-bond acceptors (Lipinski definition) is 3. The van der Waals surface area contributed by atoms with Gasteiger partial charge in [0, 0.05) is 36.6 Å². The highest BCUT2D eigenvalue weighted by atomic mass is 32.2. The summed E-state index contributed by atoms with van der Waals surface area (Å²) in [7, 11) is 0. The van der Waals surface area contributed by atoms with Crippen LogP contribution in [0.1, 0.15) is 26.2 Å². The van der Waals surface area contributed by atoms with Gasteiger partial charge in [0.15, 0.2) is 0 Å². The highest BCUT2D eigenvalue weighted by Gasteiger charge is 2.32. The minimum absolute atomic E-state index is 0.110. The number of rotatable bonds is 3. The Bertz CT molecular complexity index is 243. The molecule has 0 aromatic heterocycles. The molecule has 2 atom stereocenters. The first-order valence-electron chi connectivity index (χ1n) is 5.81. The maximum atomic E-state index is 12.0. The Hall–Kier alpha value is -0.220. The topological polar surface area (TPSA) is 46.3 Å². The Morgan fingerprint density at radius 3 is 2.93 bits per heavy atom. The molecule has 1 saturated heterocycles. The van der Waals surface area contributed by atoms with Crippen LogP contribution in [0.5, 0.6) is 0 Å². The van der Waals surface area contributed by atoms with E-state index < -0.39 is 0 Å². The summed E-state index contributed by atoms with van der Waals surface area (Å²) in [5.74, 6) is 3.05. The molecule has 0 radical (unpaired) electrons. The van der Waals surface area contributed by atoms with Crippen LogP contribution in [0.4, 0.5) is 0 Å². The lowest BCUT2D eigenvalue weighted by Crippen LogP contribution is -2.46. The van der Waals surface area contributed by atoms with Crippen molar-refractivity contribution in [2.45, 2.75) is 38.3 Å². The number of amides is 1. The van der Waals surface area contributed by atoms with Crippen LogP contribution in [0.3, 0.4) is 0 Å². The second-order valence-electron chi connectivity index (χ2n) is 4.72. The largest absolute Gasteiger partial charge is 0.338 e. The zero-order chi connectivity index (χ0) is 10.8. The predicted octanol–water partition coefficient (Wildman–Crippen LogP) is 1.08. The second-order valence-corrected chi connectivity index (χ2v) is 5.87. The molecule has 3 nitrogen and oxygen atoms in total. The van der Waals surface area contributed by atoms with Crippen molar-refractivity contribution >= 4 is 17.7 Å². The van der Waals surface area contributed by atoms with Gasteiger partial charge in [-0.25, -0.2) is 0 Å². The maximum Gasteiger partial charge on any atom is 0.224 e. The summed E-state index contributed by atoms with van der Waals surface area (Å²) in [6.45, 7) is 3.04. The van der Waals surface area contributed by atoms with Gasteiger partial charge in [-0.05, 0) is 25.7 Å². The van der Waals surface area contributed by atoms with Gasteiger partial charge >= 0.3 is 0 Å². The van der Waals surface area contributed by atoms with Crippen LogP contribution >= 0.6 is 11.8 Å². The molecule has 15 heavy (non-hydrogen) atoms. The average molecular weight is 228 g/mol. The van der Waals surface area contributed by atoms with Crippen LogP contribution < -0.4 is 5.73 Å². The summed E-state index contributed by atoms with van der Waals surface area (Å²) in [4.78, 5) is 14.0. The number of hydrogen-bond donors (Lipinski definition) is 1. The van der Waals surface area contributed by atoms with E-state index in [0.29, 0.717) is 18.4 Å². The number of nitrogens with zero attached hydrogens (tertiary/aromatic N) is 1. The third-order valence-electron chi connectivity index (χ3n) is 3.33. The van der Waals surface area contributed by atoms with Crippen molar-refractivity contribution in [1.82, 2.24) is 4.90 Å². The quantitative estimate of drug-likeness (QED) is 0.786. The Morgan fingerprint density at radius 1 is 1.60 bits per heavy atom. The van der Waals surface area contributed by atoms with Crippen LogP contribution in [0.15, 0.2) is 0 Å². The molecule has 1 heterocycles. The Kier molecular flexibility index (Phi) is 3.57. The second kappa shape index (κ2) is 4.74. The van der Waals surface area contributed by atoms with Gasteiger partial charge in [0.2, 0.25) is 5.91 Å². The summed E-state index contributed by atoms with van der Waals surface area (Å²) in [6.07, 6.45) is 3.00. The molecule has 2 unspecified atom stereocenters. The van der Waals surface area contributed by atoms with E-state index in [4.69, 9.17) is 5.73 Å². The highest BCUT2D eigenvalue weighted by molar-refractivity contribution is 7.99. The van der Waals surface area contributed by atoms with Gasteiger partial charge in [0.1, 0.15) is 0 Å². The zero-order valence-electron chi connectivity index (χ0n) is 9.32. The van der Waals surface area contributed by atoms with Crippen molar-refractivity contribution in [2.24, 2.45) is 11.7 Å². The number of thioether (sulfide) groups is 1. The van der Waals surface area contributed by atoms with Crippen molar-refractivity contribution < 1.29 is 4.79 Å². The summed E-state index contributed by atoms with van der Waals surface area (Å²) in [5, 5.41) is 0. The molecule has 2 fully saturated rings. The SMILES string of the molecule is CC1CSCCN1C(=O)CC(N)C1CC1. The standard InChI is InChI=1S/C11H20N2OS/c1-8-7-15-5-4-13(8)11(14)6-10(12)9-2-3-9/h8-10H,2-7,12H2,1H3. The summed E-state index contributed by atoms with van der Waals surface area (Å²) < 4.78 is 0. The van der Waals surface area contributed by atoms with Crippen LogP contribution in [0.25, 0.3) is 0 Å². The minimum Gasteiger partial charge on any atom is -0.338 e. The molecular formula is C11H20N2OS. The number of carbonyl (C=O) groups is 1. The first kappa shape index (κ1) is 11.3. The van der Waals surface area contributed by atoms with Gasteiger partial charge in [-0.3, -0.25) is 4.79 Å². The maximum absolute atomic E-state index is 12.0. The molecule has 0 aromatic carbocycles. The molecule has 2 N–H and O–H groups in total. The fourth-order valence-corrected chi connectivity index (χ4v) is 3.12. The molecule has 0 bridgehead atoms. The molecule has 1 aliphatic heterocycles. The molecule has 0 spiro atoms. The molecule has 4 heteroatoms. The van der Waals surface area contributed by atoms with Crippen LogP contribution in [-0.2, 0) is 4.79 Å². The van der Waals surface area contributed by atoms with Crippen molar-refractivity contribution in [1.29, 1.82) is 0 Å². The van der Waals surface area contributed by atoms with Crippen molar-refractivity contribution in [3.63, 3.8) is 0 Å². The van der Waals surface area contributed by atoms with Gasteiger partial charge in [-0.2, -0.15) is 11.8 Å². The van der Waals surface area contributed by atoms with Gasteiger partial charge in [0.05, 0.1) is 0 Å². The van der Waals surface area contributed by atoms with E-state index in [1.165, 1.54) is 12.8 Å². The van der Waals surface area contributed by atoms with Crippen LogP contribution in [0.2, 0.25) is 0 Å². The first-order chi connectivity index (χ1) is 7.18. The van der Waals surface area contributed by atoms with Crippen LogP contribution in [0, 0.1) is 5.92 Å². The van der Waals surface area contributed by atoms with E-state index in [0.717, 1.165) is 18.1 Å². The van der Waals surface area contributed by atoms with Crippen LogP contribution in [-0.4, -0.2) is 40.9 Å². The van der Waals surface area contributed by atoms with Crippen molar-refractivity contribution in [3.05, 3.63) is 0 Å². The Balaban J connectivity index is 1.82. The average Bonchev–Trinajstić information content (AvgIpc) is 3.01. The van der Waals surface area contributed by atoms with Gasteiger partial charge in [-0.15, -0.1) is 0 Å². The molecule has 0 aromatic rings. The molecule has 1 saturated carbocycles. The van der Waals surface area contributed by atoms with E-state index in [1.54, 1.807) is 0 Å². The van der Waals surface area contributed by atoms with Crippen molar-refractivity contribution in [2.75, 3.05) is 18.1 Å². The van der Waals surface area contributed by atoms with E-state index in [1.807, 2.05) is 16.7 Å². The van der Waals surface area contributed by atoms with E-state index >= 15 is 0 Å². The van der Waals surface area contributed by atoms with Gasteiger partial charge in [-0.1, -0.05) is 0 Å². The van der Waals surface area contributed by atoms with Gasteiger partial charge in [0.25, 0.3) is 0 Å². The lowest BCUT2D eigenvalue weighted by molar-refractivity contribution is -0.133. The smallest absolute Gasteiger partial charge is 0.224 e. The monoisotopic (exact) mass is 228 g/mol. The van der Waals surface area contributed by atoms with E-state index in [9.17, 15) is 4.79 Å². The molecule has 86 valence electrons. The lowest BCUT2D eigenvalue weighted by atomic mass is 10.1. The molecule has 1 aliphatic carbocycles. The fourth-order valence-electron chi connectivity index (χ4n) is 2.11. The van der Waals surface area contributed by atoms with Gasteiger partial charge < -0.3 is 10.6 Å². The summed E-state index contributed by atoms with van der Waals surface area (Å²) in [6, 6.07) is 0.502. The molecule has 1 amide bonds. The predicted molar refractivity (Wildman–Crippen MR) is 63.8 cm³/mol. The normalized spacial score (nSPS) is 28.9. The summed E-state index contributed by atoms with van der Waals surface area (Å²) in [5.41, 5.74) is 5.98. The number of nitrogens with two attached hydrogens (primary N) is 1. The van der Waals surface area contributed by atoms with E-state index in [-0.39, 0.29) is 11.9 Å². The first-order valence-corrected chi connectivity index (χ1v) is 6.96. The van der Waals surface area contributed by atoms with E-state index in [2.05, 4.69) is 6.92 Å². The molecule has 2 rings (SSSR count). The third kappa shape index (κ3) is 2.88. The molecule has 2 aliphatic rings. The highest BCUT2D eigenvalue weighted by Crippen LogP contribution is 2.33. The van der Waals surface area contributed by atoms with Crippen molar-refractivity contribution in [3.8, 4) is 0 Å². The Labute approximate surface area is 95.8 Å². The lowest BCUT2D eigenvalue weighted by Gasteiger charge is -2.33. The zero-order valence-corrected chi connectivity index (χ0v) is 10.1. The summed E-state index contributed by atoms with van der Waals surface area (Å²) >= 11 is 1.94. The third-order valence-corrected chi connectivity index (χ3v) is 4.52. The number of carbonyl (C=O) groups excluding carboxylic acids is 1. The molecular weight excluding hydrogens is 208 g/mol. The fraction of sp³-hybridized carbons (Fsp3) is 0.909.